The van der Waals surface area contributed by atoms with Crippen LogP contribution in [-0.2, 0) is 0 Å². The van der Waals surface area contributed by atoms with Gasteiger partial charge < -0.3 is 20.4 Å². The van der Waals surface area contributed by atoms with E-state index in [1.54, 1.807) is 0 Å². The number of aliphatic imine (C=N–C) groups is 1. The van der Waals surface area contributed by atoms with Gasteiger partial charge in [0.1, 0.15) is 0 Å². The zero-order valence-electron chi connectivity index (χ0n) is 15.5. The van der Waals surface area contributed by atoms with Crippen molar-refractivity contribution < 1.29 is 0 Å². The van der Waals surface area contributed by atoms with E-state index in [0.29, 0.717) is 6.04 Å². The molecule has 5 nitrogen and oxygen atoms in total. The van der Waals surface area contributed by atoms with Crippen molar-refractivity contribution >= 4 is 22.3 Å². The number of rotatable bonds is 6. The lowest BCUT2D eigenvalue weighted by molar-refractivity contribution is 0.235. The highest BCUT2D eigenvalue weighted by atomic mass is 32.1. The van der Waals surface area contributed by atoms with Crippen LogP contribution in [0.1, 0.15) is 39.0 Å². The SMILES string of the molecule is CCNC(=NCCN1CCCCC1)NC1CCN(c2cccs2)CC1. The molecule has 0 bridgehead atoms. The van der Waals surface area contributed by atoms with Crippen molar-refractivity contribution in [2.45, 2.75) is 45.1 Å². The summed E-state index contributed by atoms with van der Waals surface area (Å²) in [7, 11) is 0. The Bertz CT molecular complexity index is 502. The zero-order valence-corrected chi connectivity index (χ0v) is 16.4. The molecule has 2 aliphatic heterocycles. The van der Waals surface area contributed by atoms with Gasteiger partial charge in [-0.1, -0.05) is 6.42 Å². The van der Waals surface area contributed by atoms with E-state index in [-0.39, 0.29) is 0 Å². The third-order valence-corrected chi connectivity index (χ3v) is 6.06. The minimum Gasteiger partial charge on any atom is -0.363 e. The molecule has 0 spiro atoms. The quantitative estimate of drug-likeness (QED) is 0.602. The molecule has 3 rings (SSSR count). The van der Waals surface area contributed by atoms with Crippen molar-refractivity contribution in [3.8, 4) is 0 Å². The number of nitrogens with one attached hydrogen (secondary N) is 2. The normalized spacial score (nSPS) is 20.7. The van der Waals surface area contributed by atoms with E-state index in [9.17, 15) is 0 Å². The predicted octanol–water partition coefficient (Wildman–Crippen LogP) is 2.76. The summed E-state index contributed by atoms with van der Waals surface area (Å²) in [5, 5.41) is 10.6. The van der Waals surface area contributed by atoms with Gasteiger partial charge in [0.25, 0.3) is 0 Å². The van der Waals surface area contributed by atoms with Gasteiger partial charge in [0.2, 0.25) is 0 Å². The van der Waals surface area contributed by atoms with E-state index < -0.39 is 0 Å². The topological polar surface area (TPSA) is 42.9 Å². The van der Waals surface area contributed by atoms with Gasteiger partial charge in [0.15, 0.2) is 5.96 Å². The fourth-order valence-electron chi connectivity index (χ4n) is 3.69. The number of nitrogens with zero attached hydrogens (tertiary/aromatic N) is 3. The van der Waals surface area contributed by atoms with Crippen LogP contribution in [0.25, 0.3) is 0 Å². The van der Waals surface area contributed by atoms with Gasteiger partial charge in [0, 0.05) is 32.2 Å². The maximum Gasteiger partial charge on any atom is 0.191 e. The van der Waals surface area contributed by atoms with Gasteiger partial charge >= 0.3 is 0 Å². The molecular formula is C19H33N5S. The van der Waals surface area contributed by atoms with E-state index in [4.69, 9.17) is 4.99 Å². The van der Waals surface area contributed by atoms with Crippen LogP contribution >= 0.6 is 11.3 Å². The number of thiophene rings is 1. The summed E-state index contributed by atoms with van der Waals surface area (Å²) in [4.78, 5) is 9.87. The lowest BCUT2D eigenvalue weighted by Gasteiger charge is -2.33. The molecule has 2 aliphatic rings. The molecule has 2 saturated heterocycles. The Morgan fingerprint density at radius 2 is 2.00 bits per heavy atom. The van der Waals surface area contributed by atoms with E-state index >= 15 is 0 Å². The Hall–Kier alpha value is -1.27. The summed E-state index contributed by atoms with van der Waals surface area (Å²) >= 11 is 1.84. The van der Waals surface area contributed by atoms with Crippen LogP contribution in [0.5, 0.6) is 0 Å². The first kappa shape index (κ1) is 18.5. The monoisotopic (exact) mass is 363 g/mol. The highest BCUT2D eigenvalue weighted by Crippen LogP contribution is 2.24. The lowest BCUT2D eigenvalue weighted by atomic mass is 10.1. The van der Waals surface area contributed by atoms with Gasteiger partial charge in [-0.15, -0.1) is 11.3 Å². The standard InChI is InChI=1S/C19H33N5S/c1-2-20-19(21-10-15-23-11-4-3-5-12-23)22-17-8-13-24(14-9-17)18-7-6-16-25-18/h6-7,16-17H,2-5,8-15H2,1H3,(H2,20,21,22). The molecule has 0 saturated carbocycles. The third kappa shape index (κ3) is 5.89. The first-order valence-corrected chi connectivity index (χ1v) is 10.8. The molecule has 140 valence electrons. The summed E-state index contributed by atoms with van der Waals surface area (Å²) in [6, 6.07) is 4.90. The van der Waals surface area contributed by atoms with Crippen LogP contribution in [0.2, 0.25) is 0 Å². The van der Waals surface area contributed by atoms with E-state index in [0.717, 1.165) is 38.7 Å². The van der Waals surface area contributed by atoms with Crippen LogP contribution in [0.15, 0.2) is 22.5 Å². The second kappa shape index (κ2) is 10.0. The summed E-state index contributed by atoms with van der Waals surface area (Å²) in [5.74, 6) is 0.995. The lowest BCUT2D eigenvalue weighted by Crippen LogP contribution is -2.48. The molecule has 0 aromatic carbocycles. The summed E-state index contributed by atoms with van der Waals surface area (Å²) in [6.07, 6.45) is 6.45. The van der Waals surface area contributed by atoms with Gasteiger partial charge in [0.05, 0.1) is 11.5 Å². The fourth-order valence-corrected chi connectivity index (χ4v) is 4.48. The zero-order chi connectivity index (χ0) is 17.3. The number of hydrogen-bond acceptors (Lipinski definition) is 4. The van der Waals surface area contributed by atoms with Crippen LogP contribution in [0.3, 0.4) is 0 Å². The average Bonchev–Trinajstić information content (AvgIpc) is 3.18. The van der Waals surface area contributed by atoms with Gasteiger partial charge in [-0.3, -0.25) is 4.99 Å². The van der Waals surface area contributed by atoms with Crippen LogP contribution < -0.4 is 15.5 Å². The Kier molecular flexibility index (Phi) is 7.42. The first-order valence-electron chi connectivity index (χ1n) is 9.91. The van der Waals surface area contributed by atoms with Crippen molar-refractivity contribution in [2.24, 2.45) is 4.99 Å². The molecule has 2 fully saturated rings. The van der Waals surface area contributed by atoms with E-state index in [1.807, 2.05) is 11.3 Å². The molecule has 0 atom stereocenters. The van der Waals surface area contributed by atoms with Crippen molar-refractivity contribution in [3.05, 3.63) is 17.5 Å². The molecule has 0 aliphatic carbocycles. The molecule has 0 unspecified atom stereocenters. The third-order valence-electron chi connectivity index (χ3n) is 5.13. The minimum absolute atomic E-state index is 0.531. The molecule has 2 N–H and O–H groups in total. The smallest absolute Gasteiger partial charge is 0.191 e. The van der Waals surface area contributed by atoms with Crippen molar-refractivity contribution in [2.75, 3.05) is 50.7 Å². The largest absolute Gasteiger partial charge is 0.363 e. The van der Waals surface area contributed by atoms with Gasteiger partial charge in [-0.05, 0) is 63.2 Å². The van der Waals surface area contributed by atoms with Crippen molar-refractivity contribution in [1.82, 2.24) is 15.5 Å². The molecule has 3 heterocycles. The Labute approximate surface area is 156 Å². The van der Waals surface area contributed by atoms with Crippen LogP contribution in [0.4, 0.5) is 5.00 Å². The number of hydrogen-bond donors (Lipinski definition) is 2. The van der Waals surface area contributed by atoms with E-state index in [1.165, 1.54) is 50.2 Å². The molecule has 0 amide bonds. The number of anilines is 1. The van der Waals surface area contributed by atoms with Crippen molar-refractivity contribution in [1.29, 1.82) is 0 Å². The van der Waals surface area contributed by atoms with E-state index in [2.05, 4.69) is 44.9 Å². The Balaban J connectivity index is 1.42. The predicted molar refractivity (Wildman–Crippen MR) is 109 cm³/mol. The number of guanidine groups is 1. The summed E-state index contributed by atoms with van der Waals surface area (Å²) in [5.41, 5.74) is 0. The molecule has 25 heavy (non-hydrogen) atoms. The summed E-state index contributed by atoms with van der Waals surface area (Å²) < 4.78 is 0. The second-order valence-corrected chi connectivity index (χ2v) is 7.95. The van der Waals surface area contributed by atoms with Crippen LogP contribution in [-0.4, -0.2) is 62.7 Å². The first-order chi connectivity index (χ1) is 12.3. The maximum absolute atomic E-state index is 4.81. The Morgan fingerprint density at radius 3 is 2.68 bits per heavy atom. The highest BCUT2D eigenvalue weighted by molar-refractivity contribution is 7.14. The Morgan fingerprint density at radius 1 is 1.20 bits per heavy atom. The van der Waals surface area contributed by atoms with Crippen molar-refractivity contribution in [3.63, 3.8) is 0 Å². The molecule has 6 heteroatoms. The number of piperidine rings is 2. The average molecular weight is 364 g/mol. The molecule has 1 aromatic rings. The molecule has 1 aromatic heterocycles. The molecular weight excluding hydrogens is 330 g/mol. The second-order valence-electron chi connectivity index (χ2n) is 7.02. The maximum atomic E-state index is 4.81. The minimum atomic E-state index is 0.531. The van der Waals surface area contributed by atoms with Gasteiger partial charge in [-0.25, -0.2) is 0 Å². The highest BCUT2D eigenvalue weighted by Gasteiger charge is 2.20. The molecule has 0 radical (unpaired) electrons. The number of likely N-dealkylation sites (tertiary alicyclic amines) is 1. The fraction of sp³-hybridized carbons (Fsp3) is 0.737. The van der Waals surface area contributed by atoms with Crippen LogP contribution in [0, 0.1) is 0 Å². The van der Waals surface area contributed by atoms with Gasteiger partial charge in [-0.2, -0.15) is 0 Å². The summed E-state index contributed by atoms with van der Waals surface area (Å²) in [6.45, 7) is 9.81.